The van der Waals surface area contributed by atoms with E-state index in [1.165, 1.54) is 30.8 Å². The lowest BCUT2D eigenvalue weighted by molar-refractivity contribution is -0.123. The first-order valence-corrected chi connectivity index (χ1v) is 12.8. The van der Waals surface area contributed by atoms with Crippen molar-refractivity contribution in [3.8, 4) is 0 Å². The fraction of sp³-hybridized carbons (Fsp3) is 0.364. The van der Waals surface area contributed by atoms with Gasteiger partial charge in [-0.2, -0.15) is 16.5 Å². The van der Waals surface area contributed by atoms with Crippen LogP contribution >= 0.6 is 11.8 Å². The first-order valence-electron chi connectivity index (χ1n) is 9.88. The van der Waals surface area contributed by atoms with Gasteiger partial charge in [-0.15, -0.1) is 0 Å². The quantitative estimate of drug-likeness (QED) is 0.502. The van der Waals surface area contributed by atoms with Gasteiger partial charge >= 0.3 is 0 Å². The Morgan fingerprint density at radius 2 is 1.77 bits per heavy atom. The molecule has 2 aromatic carbocycles. The number of rotatable bonds is 10. The molecule has 2 unspecified atom stereocenters. The minimum absolute atomic E-state index is 0.121. The average molecular weight is 464 g/mol. The molecule has 3 N–H and O–H groups in total. The predicted octanol–water partition coefficient (Wildman–Crippen LogP) is 3.23. The van der Waals surface area contributed by atoms with Crippen molar-refractivity contribution in [2.75, 3.05) is 17.3 Å². The topological polar surface area (TPSA) is 104 Å². The van der Waals surface area contributed by atoms with E-state index in [9.17, 15) is 18.0 Å². The molecule has 0 bridgehead atoms. The lowest BCUT2D eigenvalue weighted by Gasteiger charge is -2.22. The molecular formula is C22H29N3O4S2. The van der Waals surface area contributed by atoms with Crippen molar-refractivity contribution in [1.29, 1.82) is 0 Å². The molecule has 2 amide bonds. The Hall–Kier alpha value is -2.36. The maximum absolute atomic E-state index is 12.9. The van der Waals surface area contributed by atoms with Crippen molar-refractivity contribution < 1.29 is 18.0 Å². The Balaban J connectivity index is 2.15. The molecule has 31 heavy (non-hydrogen) atoms. The highest BCUT2D eigenvalue weighted by Crippen LogP contribution is 2.18. The third-order valence-electron chi connectivity index (χ3n) is 4.62. The van der Waals surface area contributed by atoms with Crippen molar-refractivity contribution in [2.45, 2.75) is 44.2 Å². The highest BCUT2D eigenvalue weighted by Gasteiger charge is 2.26. The van der Waals surface area contributed by atoms with Crippen molar-refractivity contribution in [2.24, 2.45) is 0 Å². The highest BCUT2D eigenvalue weighted by molar-refractivity contribution is 7.98. The third kappa shape index (κ3) is 7.68. The number of amides is 2. The molecule has 0 fully saturated rings. The average Bonchev–Trinajstić information content (AvgIpc) is 2.71. The number of nitrogens with one attached hydrogen (secondary N) is 3. The molecule has 0 aliphatic rings. The minimum Gasteiger partial charge on any atom is -0.348 e. The number of carbonyl (C=O) groups is 2. The number of benzene rings is 2. The van der Waals surface area contributed by atoms with Crippen LogP contribution in [-0.2, 0) is 19.6 Å². The van der Waals surface area contributed by atoms with E-state index in [0.29, 0.717) is 17.9 Å². The molecular weight excluding hydrogens is 434 g/mol. The third-order valence-corrected chi connectivity index (χ3v) is 6.75. The van der Waals surface area contributed by atoms with Gasteiger partial charge in [0.25, 0.3) is 0 Å². The van der Waals surface area contributed by atoms with E-state index in [4.69, 9.17) is 0 Å². The summed E-state index contributed by atoms with van der Waals surface area (Å²) in [7, 11) is -3.84. The number of hydrogen-bond acceptors (Lipinski definition) is 5. The van der Waals surface area contributed by atoms with Crippen LogP contribution in [0.5, 0.6) is 0 Å². The molecule has 0 spiro atoms. The van der Waals surface area contributed by atoms with Gasteiger partial charge in [0.05, 0.1) is 10.9 Å². The van der Waals surface area contributed by atoms with Gasteiger partial charge in [-0.1, -0.05) is 29.8 Å². The summed E-state index contributed by atoms with van der Waals surface area (Å²) in [4.78, 5) is 24.3. The zero-order chi connectivity index (χ0) is 23.0. The summed E-state index contributed by atoms with van der Waals surface area (Å²) in [5.41, 5.74) is 2.38. The summed E-state index contributed by atoms with van der Waals surface area (Å²) in [6, 6.07) is 12.4. The largest absolute Gasteiger partial charge is 0.348 e. The van der Waals surface area contributed by atoms with Gasteiger partial charge in [0.2, 0.25) is 21.8 Å². The molecule has 0 aliphatic heterocycles. The zero-order valence-corrected chi connectivity index (χ0v) is 19.8. The smallest absolute Gasteiger partial charge is 0.241 e. The number of carbonyl (C=O) groups excluding carboxylic acids is 2. The fourth-order valence-electron chi connectivity index (χ4n) is 2.94. The minimum atomic E-state index is -3.84. The van der Waals surface area contributed by atoms with Crippen LogP contribution in [0.4, 0.5) is 5.69 Å². The van der Waals surface area contributed by atoms with Crippen LogP contribution in [0.2, 0.25) is 0 Å². The van der Waals surface area contributed by atoms with Crippen LogP contribution < -0.4 is 15.4 Å². The molecule has 168 valence electrons. The number of sulfonamides is 1. The molecule has 2 rings (SSSR count). The molecule has 7 nitrogen and oxygen atoms in total. The Bertz CT molecular complexity index is 1010. The van der Waals surface area contributed by atoms with Crippen molar-refractivity contribution in [1.82, 2.24) is 10.0 Å². The van der Waals surface area contributed by atoms with E-state index < -0.39 is 22.0 Å². The molecule has 0 saturated carbocycles. The van der Waals surface area contributed by atoms with E-state index in [2.05, 4.69) is 15.4 Å². The molecule has 0 aliphatic carbocycles. The van der Waals surface area contributed by atoms with Gasteiger partial charge in [0.1, 0.15) is 6.04 Å². The fourth-order valence-corrected chi connectivity index (χ4v) is 4.64. The monoisotopic (exact) mass is 463 g/mol. The van der Waals surface area contributed by atoms with Gasteiger partial charge in [-0.25, -0.2) is 8.42 Å². The van der Waals surface area contributed by atoms with E-state index in [1.807, 2.05) is 26.2 Å². The number of aryl methyl sites for hydroxylation is 1. The van der Waals surface area contributed by atoms with Crippen LogP contribution in [0, 0.1) is 6.92 Å². The second kappa shape index (κ2) is 11.3. The molecule has 0 aromatic heterocycles. The van der Waals surface area contributed by atoms with Gasteiger partial charge in [0.15, 0.2) is 0 Å². The number of hydrogen-bond donors (Lipinski definition) is 3. The Morgan fingerprint density at radius 1 is 1.10 bits per heavy atom. The van der Waals surface area contributed by atoms with E-state index in [0.717, 1.165) is 11.1 Å². The van der Waals surface area contributed by atoms with E-state index in [1.54, 1.807) is 30.3 Å². The summed E-state index contributed by atoms with van der Waals surface area (Å²) in [6.45, 7) is 5.11. The summed E-state index contributed by atoms with van der Waals surface area (Å²) >= 11 is 1.54. The van der Waals surface area contributed by atoms with Crippen molar-refractivity contribution >= 4 is 39.3 Å². The first-order chi connectivity index (χ1) is 14.6. The van der Waals surface area contributed by atoms with Crippen LogP contribution in [0.1, 0.15) is 37.4 Å². The zero-order valence-electron chi connectivity index (χ0n) is 18.1. The summed E-state index contributed by atoms with van der Waals surface area (Å²) in [6.07, 6.45) is 2.26. The summed E-state index contributed by atoms with van der Waals surface area (Å²) in [5, 5.41) is 5.59. The van der Waals surface area contributed by atoms with E-state index in [-0.39, 0.29) is 16.8 Å². The second-order valence-corrected chi connectivity index (χ2v) is 10.0. The number of thioether (sulfide) groups is 1. The van der Waals surface area contributed by atoms with E-state index >= 15 is 0 Å². The summed E-state index contributed by atoms with van der Waals surface area (Å²) in [5.74, 6) is 0.0413. The molecule has 2 atom stereocenters. The van der Waals surface area contributed by atoms with Crippen LogP contribution in [0.25, 0.3) is 0 Å². The standard InChI is InChI=1S/C22H29N3O4S2/c1-15-8-10-20(11-9-15)31(28,29)25-21(12-13-30-4)22(27)23-16(2)18-6-5-7-19(14-18)24-17(3)26/h5-11,14,16,21,25H,12-13H2,1-4H3,(H,23,27)(H,24,26). The normalized spacial score (nSPS) is 13.3. The predicted molar refractivity (Wildman–Crippen MR) is 126 cm³/mol. The Labute approximate surface area is 188 Å². The highest BCUT2D eigenvalue weighted by atomic mass is 32.2. The SMILES string of the molecule is CSCCC(NS(=O)(=O)c1ccc(C)cc1)C(=O)NC(C)c1cccc(NC(C)=O)c1. The Kier molecular flexibility index (Phi) is 9.09. The van der Waals surface area contributed by atoms with Crippen molar-refractivity contribution in [3.05, 3.63) is 59.7 Å². The van der Waals surface area contributed by atoms with Gasteiger partial charge < -0.3 is 10.6 Å². The Morgan fingerprint density at radius 3 is 2.39 bits per heavy atom. The van der Waals surface area contributed by atoms with Crippen LogP contribution in [-0.4, -0.2) is 38.3 Å². The van der Waals surface area contributed by atoms with Crippen LogP contribution in [0.15, 0.2) is 53.4 Å². The molecule has 0 heterocycles. The first kappa shape index (κ1) is 24.9. The number of anilines is 1. The molecule has 0 saturated heterocycles. The van der Waals surface area contributed by atoms with Crippen LogP contribution in [0.3, 0.4) is 0 Å². The van der Waals surface area contributed by atoms with Crippen molar-refractivity contribution in [3.63, 3.8) is 0 Å². The maximum atomic E-state index is 12.9. The van der Waals surface area contributed by atoms with Gasteiger partial charge in [0, 0.05) is 12.6 Å². The van der Waals surface area contributed by atoms with Gasteiger partial charge in [-0.3, -0.25) is 9.59 Å². The molecule has 2 aromatic rings. The second-order valence-electron chi connectivity index (χ2n) is 7.31. The lowest BCUT2D eigenvalue weighted by atomic mass is 10.1. The molecule has 9 heteroatoms. The lowest BCUT2D eigenvalue weighted by Crippen LogP contribution is -2.47. The molecule has 0 radical (unpaired) electrons. The summed E-state index contributed by atoms with van der Waals surface area (Å²) < 4.78 is 28.1. The maximum Gasteiger partial charge on any atom is 0.241 e. The van der Waals surface area contributed by atoms with Gasteiger partial charge in [-0.05, 0) is 62.1 Å².